The van der Waals surface area contributed by atoms with Crippen LogP contribution >= 0.6 is 11.3 Å². The fourth-order valence-corrected chi connectivity index (χ4v) is 3.34. The van der Waals surface area contributed by atoms with Crippen LogP contribution in [-0.4, -0.2) is 17.6 Å². The molecule has 2 N–H and O–H groups in total. The molecule has 3 rings (SSSR count). The first-order valence-electron chi connectivity index (χ1n) is 8.79. The minimum absolute atomic E-state index is 0.305. The van der Waals surface area contributed by atoms with Gasteiger partial charge in [-0.25, -0.2) is 9.78 Å². The predicted molar refractivity (Wildman–Crippen MR) is 108 cm³/mol. The fraction of sp³-hybridized carbons (Fsp3) is 0.238. The number of benzene rings is 2. The molecule has 0 fully saturated rings. The first-order chi connectivity index (χ1) is 13.1. The molecule has 1 heterocycles. The third-order valence-electron chi connectivity index (χ3n) is 3.95. The molecule has 27 heavy (non-hydrogen) atoms. The van der Waals surface area contributed by atoms with Crippen molar-refractivity contribution in [2.24, 2.45) is 0 Å². The second-order valence-corrected chi connectivity index (χ2v) is 7.34. The first-order valence-corrected chi connectivity index (χ1v) is 9.60. The van der Waals surface area contributed by atoms with Crippen LogP contribution in [0.5, 0.6) is 5.75 Å². The Morgan fingerprint density at radius 2 is 1.96 bits per heavy atom. The van der Waals surface area contributed by atoms with Gasteiger partial charge in [-0.05, 0) is 55.3 Å². The lowest BCUT2D eigenvalue weighted by Gasteiger charge is -2.09. The van der Waals surface area contributed by atoms with E-state index in [1.54, 1.807) is 12.1 Å². The molecule has 0 radical (unpaired) electrons. The maximum absolute atomic E-state index is 12.0. The average molecular weight is 382 g/mol. The van der Waals surface area contributed by atoms with Crippen LogP contribution in [0.3, 0.4) is 0 Å². The molecular weight excluding hydrogens is 360 g/mol. The van der Waals surface area contributed by atoms with Crippen molar-refractivity contribution in [2.45, 2.75) is 26.9 Å². The molecule has 0 saturated heterocycles. The number of anilines is 1. The number of nitrogens with zero attached hydrogens (tertiary/aromatic N) is 1. The Morgan fingerprint density at radius 3 is 2.63 bits per heavy atom. The summed E-state index contributed by atoms with van der Waals surface area (Å²) >= 11 is 1.48. The minimum atomic E-state index is -0.305. The van der Waals surface area contributed by atoms with Crippen molar-refractivity contribution in [1.29, 1.82) is 0 Å². The number of aromatic nitrogens is 1. The van der Waals surface area contributed by atoms with Crippen LogP contribution in [0.1, 0.15) is 34.1 Å². The first kappa shape index (κ1) is 18.9. The van der Waals surface area contributed by atoms with Gasteiger partial charge in [0.15, 0.2) is 5.13 Å². The van der Waals surface area contributed by atoms with Crippen LogP contribution in [0, 0.1) is 6.92 Å². The van der Waals surface area contributed by atoms with Crippen LogP contribution < -0.4 is 10.5 Å². The van der Waals surface area contributed by atoms with E-state index in [-0.39, 0.29) is 5.97 Å². The van der Waals surface area contributed by atoms with E-state index in [9.17, 15) is 4.79 Å². The Kier molecular flexibility index (Phi) is 6.08. The minimum Gasteiger partial charge on any atom is -0.489 e. The molecule has 0 amide bonds. The van der Waals surface area contributed by atoms with Crippen LogP contribution in [-0.2, 0) is 11.3 Å². The zero-order valence-electron chi connectivity index (χ0n) is 15.4. The number of aryl methyl sites for hydroxylation is 1. The molecule has 2 aromatic carbocycles. The summed E-state index contributed by atoms with van der Waals surface area (Å²) in [6, 6.07) is 15.1. The van der Waals surface area contributed by atoms with E-state index in [0.717, 1.165) is 33.9 Å². The maximum Gasteiger partial charge on any atom is 0.338 e. The number of carbonyl (C=O) groups is 1. The summed E-state index contributed by atoms with van der Waals surface area (Å²) in [7, 11) is 0. The third-order valence-corrected chi connectivity index (χ3v) is 4.75. The van der Waals surface area contributed by atoms with Crippen molar-refractivity contribution >= 4 is 22.4 Å². The molecule has 0 saturated carbocycles. The Hall–Kier alpha value is -2.86. The van der Waals surface area contributed by atoms with Crippen LogP contribution in [0.25, 0.3) is 11.3 Å². The summed E-state index contributed by atoms with van der Waals surface area (Å²) in [5.41, 5.74) is 9.13. The molecule has 0 bridgehead atoms. The molecule has 0 unspecified atom stereocenters. The predicted octanol–water partition coefficient (Wildman–Crippen LogP) is 4.85. The zero-order chi connectivity index (χ0) is 19.2. The van der Waals surface area contributed by atoms with Crippen molar-refractivity contribution < 1.29 is 14.3 Å². The largest absolute Gasteiger partial charge is 0.489 e. The van der Waals surface area contributed by atoms with E-state index < -0.39 is 0 Å². The lowest BCUT2D eigenvalue weighted by atomic mass is 10.1. The van der Waals surface area contributed by atoms with Gasteiger partial charge in [0.25, 0.3) is 0 Å². The fourth-order valence-electron chi connectivity index (χ4n) is 2.63. The van der Waals surface area contributed by atoms with Gasteiger partial charge in [-0.15, -0.1) is 11.3 Å². The van der Waals surface area contributed by atoms with E-state index in [1.807, 2.05) is 50.2 Å². The van der Waals surface area contributed by atoms with Crippen molar-refractivity contribution in [3.05, 3.63) is 64.5 Å². The topological polar surface area (TPSA) is 74.4 Å². The van der Waals surface area contributed by atoms with Crippen molar-refractivity contribution in [3.63, 3.8) is 0 Å². The number of rotatable bonds is 7. The molecule has 0 aliphatic heterocycles. The number of esters is 1. The van der Waals surface area contributed by atoms with Gasteiger partial charge in [0.2, 0.25) is 0 Å². The molecule has 3 aromatic rings. The second-order valence-electron chi connectivity index (χ2n) is 6.11. The van der Waals surface area contributed by atoms with E-state index >= 15 is 0 Å². The number of ether oxygens (including phenoxy) is 2. The van der Waals surface area contributed by atoms with Crippen molar-refractivity contribution in [3.8, 4) is 17.0 Å². The summed E-state index contributed by atoms with van der Waals surface area (Å²) < 4.78 is 11.0. The van der Waals surface area contributed by atoms with Gasteiger partial charge in [0, 0.05) is 10.4 Å². The highest BCUT2D eigenvalue weighted by atomic mass is 32.1. The molecule has 0 aliphatic rings. The highest BCUT2D eigenvalue weighted by molar-refractivity contribution is 7.15. The van der Waals surface area contributed by atoms with Crippen LogP contribution in [0.15, 0.2) is 48.5 Å². The van der Waals surface area contributed by atoms with Gasteiger partial charge < -0.3 is 15.2 Å². The van der Waals surface area contributed by atoms with Gasteiger partial charge in [-0.2, -0.15) is 0 Å². The van der Waals surface area contributed by atoms with Crippen LogP contribution in [0.2, 0.25) is 0 Å². The zero-order valence-corrected chi connectivity index (χ0v) is 16.2. The molecule has 5 nitrogen and oxygen atoms in total. The van der Waals surface area contributed by atoms with E-state index in [2.05, 4.69) is 4.98 Å². The number of thiazole rings is 1. The molecule has 0 atom stereocenters. The smallest absolute Gasteiger partial charge is 0.338 e. The SMILES string of the molecule is CCCOC(=O)c1cccc(COc2ccc(-c3nc(N)sc3C)cc2)c1. The quantitative estimate of drug-likeness (QED) is 0.592. The summed E-state index contributed by atoms with van der Waals surface area (Å²) in [4.78, 5) is 17.4. The summed E-state index contributed by atoms with van der Waals surface area (Å²) in [6.45, 7) is 4.77. The molecule has 0 aliphatic carbocycles. The number of nitrogens with two attached hydrogens (primary N) is 1. The average Bonchev–Trinajstić information content (AvgIpc) is 3.03. The summed E-state index contributed by atoms with van der Waals surface area (Å²) in [5.74, 6) is 0.444. The molecule has 140 valence electrons. The summed E-state index contributed by atoms with van der Waals surface area (Å²) in [6.07, 6.45) is 0.803. The number of hydrogen-bond donors (Lipinski definition) is 1. The van der Waals surface area contributed by atoms with E-state index in [1.165, 1.54) is 11.3 Å². The summed E-state index contributed by atoms with van der Waals surface area (Å²) in [5, 5.41) is 0.570. The van der Waals surface area contributed by atoms with E-state index in [0.29, 0.717) is 23.9 Å². The highest BCUT2D eigenvalue weighted by Gasteiger charge is 2.09. The van der Waals surface area contributed by atoms with Crippen molar-refractivity contribution in [2.75, 3.05) is 12.3 Å². The third kappa shape index (κ3) is 4.86. The normalized spacial score (nSPS) is 10.6. The van der Waals surface area contributed by atoms with Gasteiger partial charge in [0.1, 0.15) is 12.4 Å². The molecule has 6 heteroatoms. The second kappa shape index (κ2) is 8.68. The number of carbonyl (C=O) groups excluding carboxylic acids is 1. The lowest BCUT2D eigenvalue weighted by molar-refractivity contribution is 0.0505. The van der Waals surface area contributed by atoms with Gasteiger partial charge in [-0.1, -0.05) is 19.1 Å². The van der Waals surface area contributed by atoms with Crippen molar-refractivity contribution in [1.82, 2.24) is 4.98 Å². The van der Waals surface area contributed by atoms with Crippen LogP contribution in [0.4, 0.5) is 5.13 Å². The van der Waals surface area contributed by atoms with Gasteiger partial charge in [-0.3, -0.25) is 0 Å². The van der Waals surface area contributed by atoms with Gasteiger partial charge >= 0.3 is 5.97 Å². The van der Waals surface area contributed by atoms with E-state index in [4.69, 9.17) is 15.2 Å². The standard InChI is InChI=1S/C21H22N2O3S/c1-3-11-25-20(24)17-6-4-5-15(12-17)13-26-18-9-7-16(8-10-18)19-14(2)27-21(22)23-19/h4-10,12H,3,11,13H2,1-2H3,(H2,22,23). The Balaban J connectivity index is 1.63. The Labute approximate surface area is 162 Å². The molecule has 1 aromatic heterocycles. The molecule has 0 spiro atoms. The Bertz CT molecular complexity index is 919. The van der Waals surface area contributed by atoms with Gasteiger partial charge in [0.05, 0.1) is 17.9 Å². The lowest BCUT2D eigenvalue weighted by Crippen LogP contribution is -2.06. The maximum atomic E-state index is 12.0. The Morgan fingerprint density at radius 1 is 1.19 bits per heavy atom. The molecular formula is C21H22N2O3S. The highest BCUT2D eigenvalue weighted by Crippen LogP contribution is 2.29. The number of hydrogen-bond acceptors (Lipinski definition) is 6. The monoisotopic (exact) mass is 382 g/mol. The number of nitrogen functional groups attached to an aromatic ring is 1.